The minimum Gasteiger partial charge on any atom is -0.382 e. The third-order valence-corrected chi connectivity index (χ3v) is 4.26. The second-order valence-electron chi connectivity index (χ2n) is 6.06. The summed E-state index contributed by atoms with van der Waals surface area (Å²) in [7, 11) is 1.65. The predicted molar refractivity (Wildman–Crippen MR) is 77.8 cm³/mol. The Balaban J connectivity index is 1.72. The fourth-order valence-electron chi connectivity index (χ4n) is 2.83. The summed E-state index contributed by atoms with van der Waals surface area (Å²) in [5.41, 5.74) is -0.676. The maximum Gasteiger partial charge on any atom is 0.248 e. The van der Waals surface area contributed by atoms with Crippen molar-refractivity contribution in [1.29, 1.82) is 0 Å². The second kappa shape index (κ2) is 7.22. The summed E-state index contributed by atoms with van der Waals surface area (Å²) < 4.78 is 10.3. The van der Waals surface area contributed by atoms with Crippen LogP contribution in [0, 0.1) is 5.92 Å². The largest absolute Gasteiger partial charge is 0.382 e. The minimum atomic E-state index is -0.676. The molecule has 2 aliphatic rings. The zero-order valence-corrected chi connectivity index (χ0v) is 13.0. The van der Waals surface area contributed by atoms with Gasteiger partial charge in [0.2, 0.25) is 11.8 Å². The van der Waals surface area contributed by atoms with Crippen LogP contribution in [0.3, 0.4) is 0 Å². The molecule has 1 aliphatic heterocycles. The van der Waals surface area contributed by atoms with Crippen LogP contribution in [0.5, 0.6) is 0 Å². The number of rotatable bonds is 9. The van der Waals surface area contributed by atoms with Crippen molar-refractivity contribution in [2.75, 3.05) is 40.0 Å². The molecule has 1 unspecified atom stereocenters. The minimum absolute atomic E-state index is 0.0413. The van der Waals surface area contributed by atoms with Crippen molar-refractivity contribution in [2.45, 2.75) is 38.1 Å². The molecule has 2 rings (SSSR count). The number of unbranched alkanes of at least 4 members (excludes halogenated alkanes) is 1. The van der Waals surface area contributed by atoms with Gasteiger partial charge in [-0.25, -0.2) is 0 Å². The molecule has 1 aliphatic carbocycles. The van der Waals surface area contributed by atoms with E-state index in [1.807, 2.05) is 6.92 Å². The van der Waals surface area contributed by atoms with E-state index in [9.17, 15) is 9.59 Å². The number of hydrogen-bond acceptors (Lipinski definition) is 4. The van der Waals surface area contributed by atoms with Gasteiger partial charge in [-0.15, -0.1) is 0 Å². The van der Waals surface area contributed by atoms with Gasteiger partial charge >= 0.3 is 0 Å². The summed E-state index contributed by atoms with van der Waals surface area (Å²) in [6.45, 7) is 4.54. The number of methoxy groups -OCH3 is 1. The first-order valence-electron chi connectivity index (χ1n) is 7.75. The van der Waals surface area contributed by atoms with Gasteiger partial charge < -0.3 is 19.7 Å². The van der Waals surface area contributed by atoms with Gasteiger partial charge in [0.05, 0.1) is 19.8 Å². The van der Waals surface area contributed by atoms with E-state index in [-0.39, 0.29) is 18.4 Å². The Kier molecular flexibility index (Phi) is 5.58. The van der Waals surface area contributed by atoms with E-state index in [1.54, 1.807) is 12.0 Å². The van der Waals surface area contributed by atoms with Crippen molar-refractivity contribution in [3.63, 3.8) is 0 Å². The third kappa shape index (κ3) is 4.17. The van der Waals surface area contributed by atoms with E-state index >= 15 is 0 Å². The molecule has 6 nitrogen and oxygen atoms in total. The molecule has 2 amide bonds. The molecule has 0 bridgehead atoms. The number of piperazine rings is 1. The van der Waals surface area contributed by atoms with E-state index in [4.69, 9.17) is 9.47 Å². The molecule has 0 radical (unpaired) electrons. The Labute approximate surface area is 126 Å². The fourth-order valence-corrected chi connectivity index (χ4v) is 2.83. The highest BCUT2D eigenvalue weighted by atomic mass is 16.5. The zero-order valence-electron chi connectivity index (χ0n) is 13.0. The normalized spacial score (nSPS) is 26.1. The quantitative estimate of drug-likeness (QED) is 0.632. The molecule has 1 atom stereocenters. The first-order valence-corrected chi connectivity index (χ1v) is 7.75. The Bertz CT molecular complexity index is 384. The van der Waals surface area contributed by atoms with Gasteiger partial charge in [-0.1, -0.05) is 0 Å². The van der Waals surface area contributed by atoms with Crippen LogP contribution in [0.25, 0.3) is 0 Å². The van der Waals surface area contributed by atoms with E-state index in [0.717, 1.165) is 25.7 Å². The maximum absolute atomic E-state index is 12.5. The van der Waals surface area contributed by atoms with Crippen molar-refractivity contribution in [3.05, 3.63) is 0 Å². The number of hydrogen-bond donors (Lipinski definition) is 1. The lowest BCUT2D eigenvalue weighted by molar-refractivity contribution is -0.150. The van der Waals surface area contributed by atoms with Crippen LogP contribution in [0.4, 0.5) is 0 Å². The monoisotopic (exact) mass is 298 g/mol. The van der Waals surface area contributed by atoms with E-state index in [1.165, 1.54) is 0 Å². The lowest BCUT2D eigenvalue weighted by Gasteiger charge is -2.40. The smallest absolute Gasteiger partial charge is 0.248 e. The van der Waals surface area contributed by atoms with Gasteiger partial charge in [0.15, 0.2) is 0 Å². The van der Waals surface area contributed by atoms with Gasteiger partial charge in [0.25, 0.3) is 0 Å². The van der Waals surface area contributed by atoms with Crippen LogP contribution in [0.2, 0.25) is 0 Å². The molecule has 1 saturated carbocycles. The predicted octanol–water partition coefficient (Wildman–Crippen LogP) is 0.557. The van der Waals surface area contributed by atoms with Crippen LogP contribution in [-0.4, -0.2) is 62.3 Å². The molecule has 0 aromatic heterocycles. The molecule has 0 spiro atoms. The Hall–Kier alpha value is -1.14. The highest BCUT2D eigenvalue weighted by Crippen LogP contribution is 2.41. The van der Waals surface area contributed by atoms with Gasteiger partial charge in [0.1, 0.15) is 5.54 Å². The molecule has 1 N–H and O–H groups in total. The molecule has 0 aromatic rings. The number of nitrogens with zero attached hydrogens (tertiary/aromatic N) is 1. The summed E-state index contributed by atoms with van der Waals surface area (Å²) in [6, 6.07) is 0. The topological polar surface area (TPSA) is 67.9 Å². The lowest BCUT2D eigenvalue weighted by atomic mass is 9.91. The summed E-state index contributed by atoms with van der Waals surface area (Å²) in [5.74, 6) is 0.347. The van der Waals surface area contributed by atoms with Gasteiger partial charge in [-0.2, -0.15) is 0 Å². The summed E-state index contributed by atoms with van der Waals surface area (Å²) in [5, 5.41) is 2.89. The molecule has 2 fully saturated rings. The average Bonchev–Trinajstić information content (AvgIpc) is 3.27. The van der Waals surface area contributed by atoms with Crippen molar-refractivity contribution in [2.24, 2.45) is 5.92 Å². The van der Waals surface area contributed by atoms with Gasteiger partial charge in [-0.3, -0.25) is 9.59 Å². The number of carbonyl (C=O) groups is 2. The number of nitrogens with one attached hydrogen (secondary N) is 1. The van der Waals surface area contributed by atoms with Crippen LogP contribution in [0.15, 0.2) is 0 Å². The fraction of sp³-hybridized carbons (Fsp3) is 0.867. The molecular weight excluding hydrogens is 272 g/mol. The van der Waals surface area contributed by atoms with Crippen molar-refractivity contribution in [3.8, 4) is 0 Å². The first kappa shape index (κ1) is 16.2. The van der Waals surface area contributed by atoms with Crippen LogP contribution < -0.4 is 5.32 Å². The van der Waals surface area contributed by atoms with E-state index in [0.29, 0.717) is 32.3 Å². The van der Waals surface area contributed by atoms with Crippen molar-refractivity contribution in [1.82, 2.24) is 10.2 Å². The molecule has 1 heterocycles. The number of amides is 2. The van der Waals surface area contributed by atoms with Crippen LogP contribution in [-0.2, 0) is 19.1 Å². The molecule has 21 heavy (non-hydrogen) atoms. The van der Waals surface area contributed by atoms with Crippen molar-refractivity contribution >= 4 is 11.8 Å². The van der Waals surface area contributed by atoms with Crippen molar-refractivity contribution < 1.29 is 19.1 Å². The molecule has 6 heteroatoms. The average molecular weight is 298 g/mol. The van der Waals surface area contributed by atoms with Gasteiger partial charge in [-0.05, 0) is 38.5 Å². The SMILES string of the molecule is COCCOCCCCN1CC(=O)NC(C)(C2CC2)C1=O. The highest BCUT2D eigenvalue weighted by Gasteiger charge is 2.52. The number of carbonyl (C=O) groups excluding carboxylic acids is 2. The maximum atomic E-state index is 12.5. The van der Waals surface area contributed by atoms with E-state index < -0.39 is 5.54 Å². The van der Waals surface area contributed by atoms with E-state index in [2.05, 4.69) is 5.32 Å². The molecule has 1 saturated heterocycles. The first-order chi connectivity index (χ1) is 10.1. The summed E-state index contributed by atoms with van der Waals surface area (Å²) in [4.78, 5) is 26.1. The standard InChI is InChI=1S/C15H26N2O4/c1-15(12-5-6-12)14(19)17(11-13(18)16-15)7-3-4-8-21-10-9-20-2/h12H,3-11H2,1-2H3,(H,16,18). The van der Waals surface area contributed by atoms with Crippen LogP contribution in [0.1, 0.15) is 32.6 Å². The van der Waals surface area contributed by atoms with Crippen LogP contribution >= 0.6 is 0 Å². The molecule has 120 valence electrons. The number of ether oxygens (including phenoxy) is 2. The summed E-state index contributed by atoms with van der Waals surface area (Å²) in [6.07, 6.45) is 3.80. The molecular formula is C15H26N2O4. The Morgan fingerprint density at radius 1 is 1.24 bits per heavy atom. The third-order valence-electron chi connectivity index (χ3n) is 4.26. The second-order valence-corrected chi connectivity index (χ2v) is 6.06. The molecule has 0 aromatic carbocycles. The summed E-state index contributed by atoms with van der Waals surface area (Å²) >= 11 is 0. The Morgan fingerprint density at radius 3 is 2.67 bits per heavy atom. The lowest BCUT2D eigenvalue weighted by Crippen LogP contribution is -2.66. The van der Waals surface area contributed by atoms with Gasteiger partial charge in [0, 0.05) is 20.3 Å². The highest BCUT2D eigenvalue weighted by molar-refractivity contribution is 5.98. The Morgan fingerprint density at radius 2 is 2.00 bits per heavy atom. The zero-order chi connectivity index (χ0) is 15.3.